The summed E-state index contributed by atoms with van der Waals surface area (Å²) in [6.45, 7) is 8.15. The summed E-state index contributed by atoms with van der Waals surface area (Å²) in [4.78, 5) is 27.2. The van der Waals surface area contributed by atoms with E-state index in [4.69, 9.17) is 14.2 Å². The average Bonchev–Trinajstić information content (AvgIpc) is 2.88. The van der Waals surface area contributed by atoms with E-state index in [9.17, 15) is 9.59 Å². The fourth-order valence-corrected chi connectivity index (χ4v) is 5.07. The Morgan fingerprint density at radius 3 is 2.47 bits per heavy atom. The standard InChI is InChI=1S/C30H35NO5/c1-6-18(3)36-30(33)27-19(4)31-23-15-22(20-11-9-8-10-12-20)16-24(32)29(23)28(27)21-13-14-25(35-7-2)26(17-21)34-5/h8-14,17-18,22,28,31H,6-7,15-16H2,1-5H3/t18-,22+,28+/m1/s1. The highest BCUT2D eigenvalue weighted by Crippen LogP contribution is 2.47. The van der Waals surface area contributed by atoms with E-state index in [1.54, 1.807) is 7.11 Å². The van der Waals surface area contributed by atoms with Gasteiger partial charge in [-0.2, -0.15) is 0 Å². The maximum absolute atomic E-state index is 13.7. The Labute approximate surface area is 213 Å². The molecule has 190 valence electrons. The second-order valence-corrected chi connectivity index (χ2v) is 9.40. The molecule has 0 saturated carbocycles. The molecule has 6 nitrogen and oxygen atoms in total. The Hall–Kier alpha value is -3.54. The molecule has 0 amide bonds. The van der Waals surface area contributed by atoms with E-state index in [1.807, 2.05) is 64.1 Å². The Bertz CT molecular complexity index is 1200. The SMILES string of the molecule is CCOc1ccc([C@H]2C(C(=O)O[C@H](C)CC)=C(C)NC3=C2C(=O)C[C@@H](c2ccccc2)C3)cc1OC. The molecule has 0 radical (unpaired) electrons. The van der Waals surface area contributed by atoms with Gasteiger partial charge in [-0.1, -0.05) is 43.3 Å². The Morgan fingerprint density at radius 2 is 1.81 bits per heavy atom. The minimum Gasteiger partial charge on any atom is -0.493 e. The van der Waals surface area contributed by atoms with Crippen molar-refractivity contribution in [3.8, 4) is 11.5 Å². The number of Topliss-reactive ketones (excluding diaryl/α,β-unsaturated/α-hetero) is 1. The number of hydrogen-bond donors (Lipinski definition) is 1. The molecule has 0 fully saturated rings. The first kappa shape index (κ1) is 25.5. The molecule has 0 spiro atoms. The lowest BCUT2D eigenvalue weighted by molar-refractivity contribution is -0.144. The van der Waals surface area contributed by atoms with Gasteiger partial charge in [-0.05, 0) is 62.8 Å². The van der Waals surface area contributed by atoms with Crippen LogP contribution >= 0.6 is 0 Å². The van der Waals surface area contributed by atoms with Crippen molar-refractivity contribution in [2.75, 3.05) is 13.7 Å². The second-order valence-electron chi connectivity index (χ2n) is 9.40. The molecule has 2 aromatic rings. The monoisotopic (exact) mass is 489 g/mol. The second kappa shape index (κ2) is 11.0. The third-order valence-corrected chi connectivity index (χ3v) is 7.02. The van der Waals surface area contributed by atoms with Crippen LogP contribution in [-0.4, -0.2) is 31.6 Å². The van der Waals surface area contributed by atoms with E-state index in [0.29, 0.717) is 54.2 Å². The van der Waals surface area contributed by atoms with Crippen LogP contribution in [0.2, 0.25) is 0 Å². The van der Waals surface area contributed by atoms with Crippen LogP contribution in [0.5, 0.6) is 11.5 Å². The molecule has 4 rings (SSSR count). The summed E-state index contributed by atoms with van der Waals surface area (Å²) in [6, 6.07) is 15.7. The number of benzene rings is 2. The summed E-state index contributed by atoms with van der Waals surface area (Å²) in [5.41, 5.74) is 4.62. The zero-order valence-corrected chi connectivity index (χ0v) is 21.7. The molecular formula is C30H35NO5. The minimum atomic E-state index is -0.549. The number of hydrogen-bond acceptors (Lipinski definition) is 6. The fourth-order valence-electron chi connectivity index (χ4n) is 5.07. The lowest BCUT2D eigenvalue weighted by Gasteiger charge is -2.37. The third kappa shape index (κ3) is 5.03. The van der Waals surface area contributed by atoms with E-state index >= 15 is 0 Å². The van der Waals surface area contributed by atoms with Crippen molar-refractivity contribution in [2.24, 2.45) is 0 Å². The topological polar surface area (TPSA) is 73.9 Å². The van der Waals surface area contributed by atoms with Gasteiger partial charge in [0.15, 0.2) is 17.3 Å². The molecule has 0 saturated heterocycles. The zero-order valence-electron chi connectivity index (χ0n) is 21.7. The zero-order chi connectivity index (χ0) is 25.8. The van der Waals surface area contributed by atoms with Crippen LogP contribution in [0, 0.1) is 0 Å². The highest BCUT2D eigenvalue weighted by Gasteiger charge is 2.42. The van der Waals surface area contributed by atoms with Gasteiger partial charge in [0.2, 0.25) is 0 Å². The summed E-state index contributed by atoms with van der Waals surface area (Å²) in [5.74, 6) is 0.352. The van der Waals surface area contributed by atoms with Crippen LogP contribution in [0.3, 0.4) is 0 Å². The van der Waals surface area contributed by atoms with Crippen LogP contribution in [0.25, 0.3) is 0 Å². The van der Waals surface area contributed by atoms with Gasteiger partial charge in [0.05, 0.1) is 25.4 Å². The molecule has 1 N–H and O–H groups in total. The molecule has 1 heterocycles. The van der Waals surface area contributed by atoms with Gasteiger partial charge in [-0.15, -0.1) is 0 Å². The lowest BCUT2D eigenvalue weighted by atomic mass is 9.71. The number of ether oxygens (including phenoxy) is 3. The highest BCUT2D eigenvalue weighted by atomic mass is 16.5. The van der Waals surface area contributed by atoms with Gasteiger partial charge in [0, 0.05) is 29.3 Å². The number of rotatable bonds is 8. The van der Waals surface area contributed by atoms with Crippen LogP contribution in [0.15, 0.2) is 71.1 Å². The van der Waals surface area contributed by atoms with E-state index in [0.717, 1.165) is 16.8 Å². The largest absolute Gasteiger partial charge is 0.493 e. The Morgan fingerprint density at radius 1 is 1.06 bits per heavy atom. The van der Waals surface area contributed by atoms with Crippen molar-refractivity contribution in [3.05, 3.63) is 82.2 Å². The normalized spacial score (nSPS) is 20.4. The van der Waals surface area contributed by atoms with Crippen molar-refractivity contribution in [1.29, 1.82) is 0 Å². The molecule has 36 heavy (non-hydrogen) atoms. The molecule has 0 aromatic heterocycles. The summed E-state index contributed by atoms with van der Waals surface area (Å²) < 4.78 is 17.1. The molecular weight excluding hydrogens is 454 g/mol. The fraction of sp³-hybridized carbons (Fsp3) is 0.400. The van der Waals surface area contributed by atoms with Gasteiger partial charge in [-0.3, -0.25) is 4.79 Å². The number of ketones is 1. The van der Waals surface area contributed by atoms with Gasteiger partial charge >= 0.3 is 5.97 Å². The molecule has 2 aliphatic rings. The van der Waals surface area contributed by atoms with Crippen LogP contribution in [0.1, 0.15) is 69.9 Å². The summed E-state index contributed by atoms with van der Waals surface area (Å²) in [5, 5.41) is 3.41. The number of allylic oxidation sites excluding steroid dienone is 3. The maximum Gasteiger partial charge on any atom is 0.337 e. The molecule has 1 aliphatic heterocycles. The van der Waals surface area contributed by atoms with E-state index in [-0.39, 0.29) is 17.8 Å². The number of dihydropyridines is 1. The lowest BCUT2D eigenvalue weighted by Crippen LogP contribution is -2.36. The maximum atomic E-state index is 13.7. The first-order valence-electron chi connectivity index (χ1n) is 12.7. The van der Waals surface area contributed by atoms with Crippen LogP contribution in [-0.2, 0) is 14.3 Å². The van der Waals surface area contributed by atoms with Gasteiger partial charge in [-0.25, -0.2) is 4.79 Å². The first-order valence-corrected chi connectivity index (χ1v) is 12.7. The molecule has 0 unspecified atom stereocenters. The predicted molar refractivity (Wildman–Crippen MR) is 139 cm³/mol. The summed E-state index contributed by atoms with van der Waals surface area (Å²) in [7, 11) is 1.59. The number of methoxy groups -OCH3 is 1. The van der Waals surface area contributed by atoms with Gasteiger partial charge in [0.1, 0.15) is 0 Å². The summed E-state index contributed by atoms with van der Waals surface area (Å²) in [6.07, 6.45) is 1.56. The number of carbonyl (C=O) groups is 2. The highest BCUT2D eigenvalue weighted by molar-refractivity contribution is 6.04. The van der Waals surface area contributed by atoms with E-state index in [2.05, 4.69) is 17.4 Å². The number of carbonyl (C=O) groups excluding carboxylic acids is 2. The van der Waals surface area contributed by atoms with Crippen LogP contribution < -0.4 is 14.8 Å². The van der Waals surface area contributed by atoms with Crippen molar-refractivity contribution >= 4 is 11.8 Å². The van der Waals surface area contributed by atoms with Crippen molar-refractivity contribution in [3.63, 3.8) is 0 Å². The van der Waals surface area contributed by atoms with Crippen molar-refractivity contribution in [1.82, 2.24) is 5.32 Å². The quantitative estimate of drug-likeness (QED) is 0.473. The van der Waals surface area contributed by atoms with E-state index < -0.39 is 11.9 Å². The molecule has 6 heteroatoms. The van der Waals surface area contributed by atoms with Crippen molar-refractivity contribution in [2.45, 2.75) is 64.9 Å². The minimum absolute atomic E-state index is 0.0387. The molecule has 3 atom stereocenters. The Kier molecular flexibility index (Phi) is 7.82. The number of esters is 1. The average molecular weight is 490 g/mol. The van der Waals surface area contributed by atoms with Gasteiger partial charge in [0.25, 0.3) is 0 Å². The molecule has 2 aromatic carbocycles. The predicted octanol–water partition coefficient (Wildman–Crippen LogP) is 5.80. The number of nitrogens with one attached hydrogen (secondary N) is 1. The first-order chi connectivity index (χ1) is 17.4. The van der Waals surface area contributed by atoms with Crippen molar-refractivity contribution < 1.29 is 23.8 Å². The summed E-state index contributed by atoms with van der Waals surface area (Å²) >= 11 is 0. The third-order valence-electron chi connectivity index (χ3n) is 7.02. The van der Waals surface area contributed by atoms with Crippen LogP contribution in [0.4, 0.5) is 0 Å². The van der Waals surface area contributed by atoms with Gasteiger partial charge < -0.3 is 19.5 Å². The van der Waals surface area contributed by atoms with E-state index in [1.165, 1.54) is 0 Å². The smallest absolute Gasteiger partial charge is 0.337 e. The molecule has 0 bridgehead atoms. The molecule has 1 aliphatic carbocycles. The Balaban J connectivity index is 1.82.